The summed E-state index contributed by atoms with van der Waals surface area (Å²) in [6.45, 7) is 2.20. The molecule has 0 fully saturated rings. The van der Waals surface area contributed by atoms with Crippen LogP contribution in [0.5, 0.6) is 11.5 Å². The number of alkyl halides is 2. The van der Waals surface area contributed by atoms with E-state index in [0.29, 0.717) is 28.5 Å². The van der Waals surface area contributed by atoms with Gasteiger partial charge in [-0.05, 0) is 24.3 Å². The highest BCUT2D eigenvalue weighted by Gasteiger charge is 2.23. The van der Waals surface area contributed by atoms with Crippen molar-refractivity contribution in [1.82, 2.24) is 0 Å². The molecule has 0 aliphatic heterocycles. The maximum absolute atomic E-state index is 11.3. The maximum atomic E-state index is 11.3. The second-order valence-corrected chi connectivity index (χ2v) is 6.83. The quantitative estimate of drug-likeness (QED) is 0.270. The van der Waals surface area contributed by atoms with Gasteiger partial charge in [-0.1, -0.05) is 18.2 Å². The van der Waals surface area contributed by atoms with E-state index >= 15 is 0 Å². The Morgan fingerprint density at radius 3 is 2.28 bits per heavy atom. The van der Waals surface area contributed by atoms with Gasteiger partial charge in [0.25, 0.3) is 0 Å². The molecule has 0 N–H and O–H groups in total. The maximum Gasteiger partial charge on any atom is 0.311 e. The van der Waals surface area contributed by atoms with Crippen LogP contribution in [-0.2, 0) is 6.54 Å². The van der Waals surface area contributed by atoms with Crippen molar-refractivity contribution in [2.75, 3.05) is 31.9 Å². The van der Waals surface area contributed by atoms with Crippen LogP contribution >= 0.6 is 23.2 Å². The molecule has 2 aromatic carbocycles. The topological polar surface area (TPSA) is 52.4 Å². The summed E-state index contributed by atoms with van der Waals surface area (Å²) in [5.41, 5.74) is 0.880. The van der Waals surface area contributed by atoms with Crippen LogP contribution in [0.3, 0.4) is 0 Å². The van der Waals surface area contributed by atoms with Crippen LogP contribution < -0.4 is 4.74 Å². The van der Waals surface area contributed by atoms with E-state index < -0.39 is 4.92 Å². The van der Waals surface area contributed by atoms with E-state index in [1.165, 1.54) is 6.07 Å². The Balaban J connectivity index is 2.31. The van der Waals surface area contributed by atoms with E-state index in [4.69, 9.17) is 27.9 Å². The molecule has 0 unspecified atom stereocenters. The molecule has 2 rings (SSSR count). The van der Waals surface area contributed by atoms with Crippen LogP contribution in [0.25, 0.3) is 0 Å². The van der Waals surface area contributed by atoms with Gasteiger partial charge >= 0.3 is 5.69 Å². The molecule has 0 aromatic heterocycles. The summed E-state index contributed by atoms with van der Waals surface area (Å²) < 4.78 is 6.41. The van der Waals surface area contributed by atoms with Crippen LogP contribution in [0.15, 0.2) is 48.5 Å². The number of quaternary nitrogens is 1. The lowest BCUT2D eigenvalue weighted by molar-refractivity contribution is -0.918. The first-order valence-corrected chi connectivity index (χ1v) is 9.00. The number of benzene rings is 2. The smallest absolute Gasteiger partial charge is 0.311 e. The number of nitro benzene ring substituents is 1. The van der Waals surface area contributed by atoms with Gasteiger partial charge in [0.1, 0.15) is 12.3 Å². The zero-order valence-electron chi connectivity index (χ0n) is 14.0. The largest absolute Gasteiger partial charge is 0.450 e. The first kappa shape index (κ1) is 19.5. The number of nitrogens with zero attached hydrogens (tertiary/aromatic N) is 2. The Kier molecular flexibility index (Phi) is 7.05. The lowest BCUT2D eigenvalue weighted by Gasteiger charge is -2.33. The molecular formula is C18H21Cl2N2O3+. The van der Waals surface area contributed by atoms with Gasteiger partial charge in [0, 0.05) is 11.6 Å². The molecule has 0 spiro atoms. The van der Waals surface area contributed by atoms with Gasteiger partial charge in [-0.2, -0.15) is 0 Å². The highest BCUT2D eigenvalue weighted by atomic mass is 35.5. The molecule has 0 heterocycles. The van der Waals surface area contributed by atoms with Gasteiger partial charge in [-0.3, -0.25) is 10.1 Å². The molecule has 5 nitrogen and oxygen atoms in total. The van der Waals surface area contributed by atoms with Crippen molar-refractivity contribution in [2.24, 2.45) is 0 Å². The molecule has 0 saturated carbocycles. The Bertz CT molecular complexity index is 705. The van der Waals surface area contributed by atoms with E-state index in [-0.39, 0.29) is 11.4 Å². The SMILES string of the molecule is C[N+](CCCl)(CCCl)Cc1ccc([N+](=O)[O-])c(Oc2ccccc2)c1. The number of ether oxygens (including phenoxy) is 1. The van der Waals surface area contributed by atoms with Crippen molar-refractivity contribution in [2.45, 2.75) is 6.54 Å². The van der Waals surface area contributed by atoms with E-state index in [1.807, 2.05) is 18.2 Å². The molecule has 0 amide bonds. The number of halogens is 2. The minimum Gasteiger partial charge on any atom is -0.450 e. The summed E-state index contributed by atoms with van der Waals surface area (Å²) >= 11 is 11.8. The second kappa shape index (κ2) is 9.04. The fourth-order valence-electron chi connectivity index (χ4n) is 2.62. The Morgan fingerprint density at radius 2 is 1.72 bits per heavy atom. The standard InChI is InChI=1S/C18H21Cl2N2O3/c1-22(11-9-19,12-10-20)14-15-7-8-17(21(23)24)18(13-15)25-16-5-3-2-4-6-16/h2-8,13H,9-12,14H2,1H3/q+1. The van der Waals surface area contributed by atoms with Gasteiger partial charge < -0.3 is 9.22 Å². The van der Waals surface area contributed by atoms with Crippen molar-refractivity contribution >= 4 is 28.9 Å². The van der Waals surface area contributed by atoms with Gasteiger partial charge in [-0.25, -0.2) is 0 Å². The zero-order valence-corrected chi connectivity index (χ0v) is 15.5. The summed E-state index contributed by atoms with van der Waals surface area (Å²) in [6.07, 6.45) is 0. The van der Waals surface area contributed by atoms with Crippen molar-refractivity contribution in [1.29, 1.82) is 0 Å². The molecule has 7 heteroatoms. The molecular weight excluding hydrogens is 363 g/mol. The lowest BCUT2D eigenvalue weighted by atomic mass is 10.1. The van der Waals surface area contributed by atoms with Gasteiger partial charge in [-0.15, -0.1) is 23.2 Å². The zero-order chi connectivity index (χ0) is 18.3. The van der Waals surface area contributed by atoms with Gasteiger partial charge in [0.2, 0.25) is 5.75 Å². The van der Waals surface area contributed by atoms with E-state index in [0.717, 1.165) is 18.7 Å². The van der Waals surface area contributed by atoms with E-state index in [2.05, 4.69) is 7.05 Å². The number of para-hydroxylation sites is 1. The number of hydrogen-bond donors (Lipinski definition) is 0. The van der Waals surface area contributed by atoms with Crippen molar-refractivity contribution in [3.63, 3.8) is 0 Å². The highest BCUT2D eigenvalue weighted by Crippen LogP contribution is 2.33. The molecule has 0 aliphatic rings. The van der Waals surface area contributed by atoms with Crippen LogP contribution in [0, 0.1) is 10.1 Å². The van der Waals surface area contributed by atoms with Crippen LogP contribution in [-0.4, -0.2) is 41.3 Å². The first-order valence-electron chi connectivity index (χ1n) is 7.93. The summed E-state index contributed by atoms with van der Waals surface area (Å²) in [7, 11) is 2.07. The third kappa shape index (κ3) is 5.59. The molecule has 0 atom stereocenters. The Hall–Kier alpha value is -1.82. The van der Waals surface area contributed by atoms with Crippen LogP contribution in [0.2, 0.25) is 0 Å². The fourth-order valence-corrected chi connectivity index (χ4v) is 3.44. The predicted molar refractivity (Wildman–Crippen MR) is 101 cm³/mol. The summed E-state index contributed by atoms with van der Waals surface area (Å²) in [6, 6.07) is 14.0. The lowest BCUT2D eigenvalue weighted by Crippen LogP contribution is -2.46. The average Bonchev–Trinajstić information content (AvgIpc) is 2.56. The van der Waals surface area contributed by atoms with Gasteiger partial charge in [0.15, 0.2) is 0 Å². The summed E-state index contributed by atoms with van der Waals surface area (Å²) in [5.74, 6) is 1.83. The third-order valence-corrected chi connectivity index (χ3v) is 4.34. The number of rotatable bonds is 9. The minimum atomic E-state index is -0.437. The number of hydrogen-bond acceptors (Lipinski definition) is 3. The monoisotopic (exact) mass is 383 g/mol. The van der Waals surface area contributed by atoms with E-state index in [1.54, 1.807) is 24.3 Å². The van der Waals surface area contributed by atoms with Crippen LogP contribution in [0.4, 0.5) is 5.69 Å². The van der Waals surface area contributed by atoms with Crippen molar-refractivity contribution in [3.05, 3.63) is 64.2 Å². The Labute approximate surface area is 157 Å². The van der Waals surface area contributed by atoms with Crippen molar-refractivity contribution < 1.29 is 14.1 Å². The molecule has 0 radical (unpaired) electrons. The number of nitro groups is 1. The predicted octanol–water partition coefficient (Wildman–Crippen LogP) is 4.81. The van der Waals surface area contributed by atoms with E-state index in [9.17, 15) is 10.1 Å². The second-order valence-electron chi connectivity index (χ2n) is 6.08. The molecule has 25 heavy (non-hydrogen) atoms. The third-order valence-electron chi connectivity index (χ3n) is 4.00. The Morgan fingerprint density at radius 1 is 1.08 bits per heavy atom. The molecule has 0 saturated heterocycles. The highest BCUT2D eigenvalue weighted by molar-refractivity contribution is 6.18. The molecule has 0 aliphatic carbocycles. The molecule has 0 bridgehead atoms. The summed E-state index contributed by atoms with van der Waals surface area (Å²) in [4.78, 5) is 10.9. The normalized spacial score (nSPS) is 11.3. The molecule has 134 valence electrons. The summed E-state index contributed by atoms with van der Waals surface area (Å²) in [5, 5.41) is 11.3. The average molecular weight is 384 g/mol. The van der Waals surface area contributed by atoms with Gasteiger partial charge in [0.05, 0.1) is 36.8 Å². The first-order chi connectivity index (χ1) is 12.0. The minimum absolute atomic E-state index is 0.0588. The van der Waals surface area contributed by atoms with Crippen molar-refractivity contribution in [3.8, 4) is 11.5 Å². The fraction of sp³-hybridized carbons (Fsp3) is 0.333. The van der Waals surface area contributed by atoms with Crippen LogP contribution in [0.1, 0.15) is 5.56 Å². The molecule has 2 aromatic rings.